The first-order valence-corrected chi connectivity index (χ1v) is 8.57. The van der Waals surface area contributed by atoms with Crippen LogP contribution < -0.4 is 4.74 Å². The molecule has 0 unspecified atom stereocenters. The molecular formula is C22H20ClNO. The van der Waals surface area contributed by atoms with Crippen molar-refractivity contribution in [2.45, 2.75) is 20.5 Å². The molecular weight excluding hydrogens is 330 g/mol. The van der Waals surface area contributed by atoms with Crippen molar-refractivity contribution >= 4 is 23.5 Å². The molecule has 3 heteroatoms. The van der Waals surface area contributed by atoms with Crippen LogP contribution in [-0.2, 0) is 6.61 Å². The fourth-order valence-electron chi connectivity index (χ4n) is 2.41. The molecule has 0 saturated heterocycles. The van der Waals surface area contributed by atoms with Gasteiger partial charge in [-0.15, -0.1) is 0 Å². The second kappa shape index (κ2) is 8.00. The van der Waals surface area contributed by atoms with E-state index in [2.05, 4.69) is 36.2 Å². The molecule has 0 fully saturated rings. The highest BCUT2D eigenvalue weighted by Gasteiger charge is 2.03. The monoisotopic (exact) mass is 349 g/mol. The third-order valence-corrected chi connectivity index (χ3v) is 4.23. The molecule has 0 radical (unpaired) electrons. The lowest BCUT2D eigenvalue weighted by Gasteiger charge is -2.09. The van der Waals surface area contributed by atoms with Crippen LogP contribution in [0.15, 0.2) is 71.7 Å². The van der Waals surface area contributed by atoms with E-state index < -0.39 is 0 Å². The number of ether oxygens (including phenoxy) is 1. The Morgan fingerprint density at radius 3 is 2.44 bits per heavy atom. The van der Waals surface area contributed by atoms with Crippen molar-refractivity contribution in [3.05, 3.63) is 94.0 Å². The van der Waals surface area contributed by atoms with E-state index >= 15 is 0 Å². The first kappa shape index (κ1) is 17.2. The molecule has 0 aliphatic rings. The summed E-state index contributed by atoms with van der Waals surface area (Å²) < 4.78 is 5.82. The smallest absolute Gasteiger partial charge is 0.138 e. The van der Waals surface area contributed by atoms with Crippen LogP contribution in [-0.4, -0.2) is 6.21 Å². The number of para-hydroxylation sites is 1. The minimum atomic E-state index is 0.497. The third-order valence-electron chi connectivity index (χ3n) is 3.94. The number of hydrogen-bond acceptors (Lipinski definition) is 2. The van der Waals surface area contributed by atoms with E-state index in [1.165, 1.54) is 5.56 Å². The van der Waals surface area contributed by atoms with Crippen LogP contribution in [0.3, 0.4) is 0 Å². The molecule has 3 rings (SSSR count). The van der Waals surface area contributed by atoms with Crippen LogP contribution >= 0.6 is 11.6 Å². The van der Waals surface area contributed by atoms with E-state index in [1.807, 2.05) is 55.6 Å². The van der Waals surface area contributed by atoms with Gasteiger partial charge in [-0.25, -0.2) is 0 Å². The lowest BCUT2D eigenvalue weighted by molar-refractivity contribution is 0.306. The summed E-state index contributed by atoms with van der Waals surface area (Å²) in [7, 11) is 0. The molecule has 3 aromatic rings. The van der Waals surface area contributed by atoms with Gasteiger partial charge >= 0.3 is 0 Å². The number of benzene rings is 3. The average molecular weight is 350 g/mol. The molecule has 0 saturated carbocycles. The molecule has 0 spiro atoms. The summed E-state index contributed by atoms with van der Waals surface area (Å²) in [6, 6.07) is 22.0. The standard InChI is InChI=1S/C22H20ClNO/c1-16-7-9-18(10-8-16)15-25-22-12-11-19(13-20(22)23)14-24-21-6-4-3-5-17(21)2/h3-14H,15H2,1-2H3. The fourth-order valence-corrected chi connectivity index (χ4v) is 2.66. The Morgan fingerprint density at radius 2 is 1.72 bits per heavy atom. The molecule has 0 N–H and O–H groups in total. The Kier molecular flexibility index (Phi) is 5.52. The first-order chi connectivity index (χ1) is 12.1. The van der Waals surface area contributed by atoms with Gasteiger partial charge in [-0.2, -0.15) is 0 Å². The largest absolute Gasteiger partial charge is 0.487 e. The summed E-state index contributed by atoms with van der Waals surface area (Å²) in [5.74, 6) is 0.676. The molecule has 3 aromatic carbocycles. The minimum absolute atomic E-state index is 0.497. The van der Waals surface area contributed by atoms with Gasteiger partial charge in [-0.1, -0.05) is 59.6 Å². The number of rotatable bonds is 5. The molecule has 25 heavy (non-hydrogen) atoms. The van der Waals surface area contributed by atoms with Crippen molar-refractivity contribution in [3.63, 3.8) is 0 Å². The van der Waals surface area contributed by atoms with Crippen LogP contribution in [0, 0.1) is 13.8 Å². The normalized spacial score (nSPS) is 11.0. The molecule has 126 valence electrons. The maximum absolute atomic E-state index is 6.35. The molecule has 0 bridgehead atoms. The summed E-state index contributed by atoms with van der Waals surface area (Å²) in [5.41, 5.74) is 5.39. The zero-order valence-corrected chi connectivity index (χ0v) is 15.1. The maximum Gasteiger partial charge on any atom is 0.138 e. The van der Waals surface area contributed by atoms with Crippen LogP contribution in [0.25, 0.3) is 0 Å². The van der Waals surface area contributed by atoms with Crippen LogP contribution in [0.5, 0.6) is 5.75 Å². The van der Waals surface area contributed by atoms with Gasteiger partial charge in [-0.3, -0.25) is 4.99 Å². The fraction of sp³-hybridized carbons (Fsp3) is 0.136. The number of nitrogens with zero attached hydrogens (tertiary/aromatic N) is 1. The van der Waals surface area contributed by atoms with Gasteiger partial charge in [0.1, 0.15) is 12.4 Å². The highest BCUT2D eigenvalue weighted by molar-refractivity contribution is 6.32. The second-order valence-electron chi connectivity index (χ2n) is 6.01. The van der Waals surface area contributed by atoms with Crippen molar-refractivity contribution in [3.8, 4) is 5.75 Å². The van der Waals surface area contributed by atoms with Crippen LogP contribution in [0.4, 0.5) is 5.69 Å². The molecule has 2 nitrogen and oxygen atoms in total. The Hall–Kier alpha value is -2.58. The lowest BCUT2D eigenvalue weighted by Crippen LogP contribution is -1.96. The zero-order chi connectivity index (χ0) is 17.6. The number of hydrogen-bond donors (Lipinski definition) is 0. The zero-order valence-electron chi connectivity index (χ0n) is 14.4. The predicted molar refractivity (Wildman–Crippen MR) is 105 cm³/mol. The molecule has 0 aliphatic heterocycles. The number of aliphatic imine (C=N–C) groups is 1. The summed E-state index contributed by atoms with van der Waals surface area (Å²) in [6.45, 7) is 4.61. The van der Waals surface area contributed by atoms with Crippen molar-refractivity contribution in [1.82, 2.24) is 0 Å². The summed E-state index contributed by atoms with van der Waals surface area (Å²) in [6.07, 6.45) is 1.82. The van der Waals surface area contributed by atoms with Gasteiger partial charge < -0.3 is 4.74 Å². The lowest BCUT2D eigenvalue weighted by atomic mass is 10.2. The van der Waals surface area contributed by atoms with E-state index in [9.17, 15) is 0 Å². The highest BCUT2D eigenvalue weighted by Crippen LogP contribution is 2.26. The Morgan fingerprint density at radius 1 is 0.960 bits per heavy atom. The molecule has 0 amide bonds. The number of halogens is 1. The Labute approximate surface area is 153 Å². The van der Waals surface area contributed by atoms with Crippen LogP contribution in [0.2, 0.25) is 5.02 Å². The highest BCUT2D eigenvalue weighted by atomic mass is 35.5. The second-order valence-corrected chi connectivity index (χ2v) is 6.42. The van der Waals surface area contributed by atoms with Crippen LogP contribution in [0.1, 0.15) is 22.3 Å². The molecule has 0 aromatic heterocycles. The van der Waals surface area contributed by atoms with Crippen molar-refractivity contribution in [2.75, 3.05) is 0 Å². The summed E-state index contributed by atoms with van der Waals surface area (Å²) >= 11 is 6.35. The van der Waals surface area contributed by atoms with Gasteiger partial charge in [0.15, 0.2) is 0 Å². The van der Waals surface area contributed by atoms with Gasteiger partial charge in [0, 0.05) is 6.21 Å². The topological polar surface area (TPSA) is 21.6 Å². The molecule has 0 aliphatic carbocycles. The maximum atomic E-state index is 6.35. The first-order valence-electron chi connectivity index (χ1n) is 8.19. The van der Waals surface area contributed by atoms with Gasteiger partial charge in [-0.05, 0) is 54.8 Å². The van der Waals surface area contributed by atoms with Crippen molar-refractivity contribution in [2.24, 2.45) is 4.99 Å². The van der Waals surface area contributed by atoms with E-state index in [-0.39, 0.29) is 0 Å². The van der Waals surface area contributed by atoms with Gasteiger partial charge in [0.05, 0.1) is 10.7 Å². The Bertz CT molecular complexity index is 885. The van der Waals surface area contributed by atoms with Gasteiger partial charge in [0.25, 0.3) is 0 Å². The minimum Gasteiger partial charge on any atom is -0.487 e. The van der Waals surface area contributed by atoms with Crippen molar-refractivity contribution < 1.29 is 4.74 Å². The van der Waals surface area contributed by atoms with E-state index in [0.717, 1.165) is 22.4 Å². The Balaban J connectivity index is 1.68. The predicted octanol–water partition coefficient (Wildman–Crippen LogP) is 6.29. The van der Waals surface area contributed by atoms with Crippen molar-refractivity contribution in [1.29, 1.82) is 0 Å². The average Bonchev–Trinajstić information content (AvgIpc) is 2.62. The van der Waals surface area contributed by atoms with E-state index in [1.54, 1.807) is 0 Å². The summed E-state index contributed by atoms with van der Waals surface area (Å²) in [4.78, 5) is 4.52. The number of aryl methyl sites for hydroxylation is 2. The summed E-state index contributed by atoms with van der Waals surface area (Å²) in [5, 5.41) is 0.584. The third kappa shape index (κ3) is 4.71. The van der Waals surface area contributed by atoms with E-state index in [4.69, 9.17) is 16.3 Å². The molecule has 0 atom stereocenters. The van der Waals surface area contributed by atoms with E-state index in [0.29, 0.717) is 17.4 Å². The molecule has 0 heterocycles. The quantitative estimate of drug-likeness (QED) is 0.496. The SMILES string of the molecule is Cc1ccc(COc2ccc(C=Nc3ccccc3C)cc2Cl)cc1. The van der Waals surface area contributed by atoms with Gasteiger partial charge in [0.2, 0.25) is 0 Å².